The molecule has 1 aliphatic heterocycles. The fourth-order valence-electron chi connectivity index (χ4n) is 0.965. The van der Waals surface area contributed by atoms with E-state index in [-0.39, 0.29) is 12.1 Å². The lowest BCUT2D eigenvalue weighted by atomic mass is 10.2. The molecule has 1 N–H and O–H groups in total. The topological polar surface area (TPSA) is 21.3 Å². The number of hydrogen-bond acceptors (Lipinski definition) is 2. The zero-order chi connectivity index (χ0) is 7.40. The van der Waals surface area contributed by atoms with Gasteiger partial charge in [0.2, 0.25) is 0 Å². The summed E-state index contributed by atoms with van der Waals surface area (Å²) in [5.41, 5.74) is 0. The normalized spacial score (nSPS) is 33.2. The fourth-order valence-corrected chi connectivity index (χ4v) is 0.965. The van der Waals surface area contributed by atoms with Crippen LogP contribution in [0.3, 0.4) is 0 Å². The molecule has 0 bridgehead atoms. The van der Waals surface area contributed by atoms with Gasteiger partial charge in [0.05, 0.1) is 13.2 Å². The molecule has 0 aliphatic carbocycles. The molecule has 0 aromatic heterocycles. The van der Waals surface area contributed by atoms with Gasteiger partial charge < -0.3 is 10.1 Å². The van der Waals surface area contributed by atoms with Crippen LogP contribution in [0.4, 0.5) is 0 Å². The predicted molar refractivity (Wildman–Crippen MR) is 41.9 cm³/mol. The van der Waals surface area contributed by atoms with Gasteiger partial charge in [0, 0.05) is 12.1 Å². The van der Waals surface area contributed by atoms with Gasteiger partial charge >= 0.3 is 0 Å². The molecule has 1 fully saturated rings. The summed E-state index contributed by atoms with van der Waals surface area (Å²) >= 11 is 0. The van der Waals surface area contributed by atoms with Gasteiger partial charge in [0.1, 0.15) is 0 Å². The van der Waals surface area contributed by atoms with Gasteiger partial charge in [0.15, 0.2) is 0 Å². The van der Waals surface area contributed by atoms with Crippen molar-refractivity contribution in [3.8, 4) is 0 Å². The van der Waals surface area contributed by atoms with Gasteiger partial charge in [-0.2, -0.15) is 0 Å². The SMILES string of the molecule is C=CC1COCC(C=C)N1. The van der Waals surface area contributed by atoms with Crippen LogP contribution >= 0.6 is 0 Å². The van der Waals surface area contributed by atoms with E-state index >= 15 is 0 Å². The van der Waals surface area contributed by atoms with Crippen LogP contribution in [0.2, 0.25) is 0 Å². The molecule has 1 rings (SSSR count). The lowest BCUT2D eigenvalue weighted by molar-refractivity contribution is 0.0713. The van der Waals surface area contributed by atoms with Crippen molar-refractivity contribution >= 4 is 0 Å². The highest BCUT2D eigenvalue weighted by Gasteiger charge is 2.15. The van der Waals surface area contributed by atoms with Crippen LogP contribution in [0.25, 0.3) is 0 Å². The molecule has 0 aromatic rings. The first-order valence-electron chi connectivity index (χ1n) is 3.45. The Kier molecular flexibility index (Phi) is 2.66. The minimum Gasteiger partial charge on any atom is -0.378 e. The Bertz CT molecular complexity index is 119. The quantitative estimate of drug-likeness (QED) is 0.569. The molecule has 1 aliphatic rings. The van der Waals surface area contributed by atoms with Gasteiger partial charge in [-0.1, -0.05) is 12.2 Å². The Morgan fingerprint density at radius 1 is 1.20 bits per heavy atom. The van der Waals surface area contributed by atoms with E-state index in [1.165, 1.54) is 0 Å². The second-order valence-electron chi connectivity index (χ2n) is 2.39. The monoisotopic (exact) mass is 139 g/mol. The number of hydrogen-bond donors (Lipinski definition) is 1. The Hall–Kier alpha value is -0.600. The maximum absolute atomic E-state index is 5.27. The number of morpholine rings is 1. The molecule has 2 heteroatoms. The standard InChI is InChI=1S/C8H13NO/c1-3-7-5-10-6-8(4-2)9-7/h3-4,7-9H,1-2,5-6H2. The third-order valence-corrected chi connectivity index (χ3v) is 1.59. The first-order valence-corrected chi connectivity index (χ1v) is 3.45. The molecule has 0 saturated carbocycles. The van der Waals surface area contributed by atoms with Crippen LogP contribution in [-0.2, 0) is 4.74 Å². The lowest BCUT2D eigenvalue weighted by Gasteiger charge is -2.26. The molecule has 1 heterocycles. The summed E-state index contributed by atoms with van der Waals surface area (Å²) in [6.45, 7) is 8.81. The second kappa shape index (κ2) is 3.54. The largest absolute Gasteiger partial charge is 0.378 e. The van der Waals surface area contributed by atoms with Gasteiger partial charge in [0.25, 0.3) is 0 Å². The number of nitrogens with one attached hydrogen (secondary N) is 1. The maximum Gasteiger partial charge on any atom is 0.0656 e. The third-order valence-electron chi connectivity index (χ3n) is 1.59. The molecular weight excluding hydrogens is 126 g/mol. The van der Waals surface area contributed by atoms with Gasteiger partial charge in [-0.05, 0) is 0 Å². The van der Waals surface area contributed by atoms with Crippen LogP contribution in [0.15, 0.2) is 25.3 Å². The van der Waals surface area contributed by atoms with Crippen LogP contribution in [-0.4, -0.2) is 25.3 Å². The summed E-state index contributed by atoms with van der Waals surface area (Å²) in [4.78, 5) is 0. The van der Waals surface area contributed by atoms with Crippen molar-refractivity contribution in [1.29, 1.82) is 0 Å². The lowest BCUT2D eigenvalue weighted by Crippen LogP contribution is -2.46. The highest BCUT2D eigenvalue weighted by Crippen LogP contribution is 2.00. The van der Waals surface area contributed by atoms with E-state index in [4.69, 9.17) is 4.74 Å². The summed E-state index contributed by atoms with van der Waals surface area (Å²) in [5.74, 6) is 0. The van der Waals surface area contributed by atoms with Gasteiger partial charge in [-0.25, -0.2) is 0 Å². The highest BCUT2D eigenvalue weighted by atomic mass is 16.5. The van der Waals surface area contributed by atoms with Crippen LogP contribution in [0.1, 0.15) is 0 Å². The molecular formula is C8H13NO. The molecule has 2 nitrogen and oxygen atoms in total. The Morgan fingerprint density at radius 2 is 1.70 bits per heavy atom. The molecule has 0 amide bonds. The molecule has 1 saturated heterocycles. The second-order valence-corrected chi connectivity index (χ2v) is 2.39. The Labute approximate surface area is 61.6 Å². The average molecular weight is 139 g/mol. The van der Waals surface area contributed by atoms with Crippen LogP contribution in [0.5, 0.6) is 0 Å². The number of ether oxygens (including phenoxy) is 1. The van der Waals surface area contributed by atoms with E-state index in [1.807, 2.05) is 12.2 Å². The van der Waals surface area contributed by atoms with Crippen molar-refractivity contribution in [2.45, 2.75) is 12.1 Å². The van der Waals surface area contributed by atoms with Crippen molar-refractivity contribution in [1.82, 2.24) is 5.32 Å². The maximum atomic E-state index is 5.27. The average Bonchev–Trinajstić information content (AvgIpc) is 2.05. The van der Waals surface area contributed by atoms with Crippen LogP contribution in [0, 0.1) is 0 Å². The summed E-state index contributed by atoms with van der Waals surface area (Å²) in [5, 5.41) is 3.29. The summed E-state index contributed by atoms with van der Waals surface area (Å²) < 4.78 is 5.27. The summed E-state index contributed by atoms with van der Waals surface area (Å²) in [6.07, 6.45) is 3.71. The summed E-state index contributed by atoms with van der Waals surface area (Å²) in [6, 6.07) is 0.577. The Balaban J connectivity index is 2.38. The summed E-state index contributed by atoms with van der Waals surface area (Å²) in [7, 11) is 0. The number of rotatable bonds is 2. The zero-order valence-electron chi connectivity index (χ0n) is 6.05. The van der Waals surface area contributed by atoms with E-state index in [2.05, 4.69) is 18.5 Å². The van der Waals surface area contributed by atoms with Crippen molar-refractivity contribution < 1.29 is 4.74 Å². The van der Waals surface area contributed by atoms with Crippen molar-refractivity contribution in [2.24, 2.45) is 0 Å². The molecule has 0 aromatic carbocycles. The molecule has 2 unspecified atom stereocenters. The van der Waals surface area contributed by atoms with Crippen molar-refractivity contribution in [2.75, 3.05) is 13.2 Å². The van der Waals surface area contributed by atoms with E-state index < -0.39 is 0 Å². The van der Waals surface area contributed by atoms with E-state index in [0.29, 0.717) is 0 Å². The third kappa shape index (κ3) is 1.69. The highest BCUT2D eigenvalue weighted by molar-refractivity contribution is 4.96. The molecule has 0 spiro atoms. The molecule has 10 heavy (non-hydrogen) atoms. The van der Waals surface area contributed by atoms with E-state index in [1.54, 1.807) is 0 Å². The molecule has 56 valence electrons. The Morgan fingerprint density at radius 3 is 2.10 bits per heavy atom. The van der Waals surface area contributed by atoms with E-state index in [0.717, 1.165) is 13.2 Å². The molecule has 2 atom stereocenters. The molecule has 0 radical (unpaired) electrons. The van der Waals surface area contributed by atoms with Gasteiger partial charge in [-0.15, -0.1) is 13.2 Å². The minimum atomic E-state index is 0.289. The predicted octanol–water partition coefficient (Wildman–Crippen LogP) is 0.715. The fraction of sp³-hybridized carbons (Fsp3) is 0.500. The minimum absolute atomic E-state index is 0.289. The van der Waals surface area contributed by atoms with Gasteiger partial charge in [-0.3, -0.25) is 0 Å². The first kappa shape index (κ1) is 7.51. The van der Waals surface area contributed by atoms with Crippen molar-refractivity contribution in [3.05, 3.63) is 25.3 Å². The van der Waals surface area contributed by atoms with Crippen LogP contribution < -0.4 is 5.32 Å². The smallest absolute Gasteiger partial charge is 0.0656 e. The first-order chi connectivity index (χ1) is 4.86. The van der Waals surface area contributed by atoms with Crippen molar-refractivity contribution in [3.63, 3.8) is 0 Å². The van der Waals surface area contributed by atoms with E-state index in [9.17, 15) is 0 Å². The zero-order valence-corrected chi connectivity index (χ0v) is 6.05.